The van der Waals surface area contributed by atoms with Gasteiger partial charge in [0.25, 0.3) is 5.56 Å². The number of aryl methyl sites for hydroxylation is 1. The third-order valence-electron chi connectivity index (χ3n) is 4.46. The maximum absolute atomic E-state index is 12.4. The third kappa shape index (κ3) is 3.72. The van der Waals surface area contributed by atoms with Gasteiger partial charge in [0.2, 0.25) is 5.91 Å². The number of hydrogen-bond acceptors (Lipinski definition) is 5. The molecular weight excluding hydrogens is 374 g/mol. The first kappa shape index (κ1) is 18.1. The highest BCUT2D eigenvalue weighted by molar-refractivity contribution is 7.09. The summed E-state index contributed by atoms with van der Waals surface area (Å²) in [7, 11) is 1.78. The maximum Gasteiger partial charge on any atom is 0.262 e. The summed E-state index contributed by atoms with van der Waals surface area (Å²) in [6, 6.07) is 13.5. The minimum absolute atomic E-state index is 0.00714. The van der Waals surface area contributed by atoms with Crippen LogP contribution in [0.15, 0.2) is 58.8 Å². The number of rotatable bonds is 6. The molecule has 3 aromatic heterocycles. The molecule has 4 aromatic rings. The van der Waals surface area contributed by atoms with E-state index in [1.165, 1.54) is 6.20 Å². The molecule has 0 bridgehead atoms. The number of fused-ring (bicyclic) bond motifs is 1. The fraction of sp³-hybridized carbons (Fsp3) is 0.200. The van der Waals surface area contributed by atoms with E-state index >= 15 is 0 Å². The van der Waals surface area contributed by atoms with Crippen molar-refractivity contribution in [2.45, 2.75) is 19.4 Å². The van der Waals surface area contributed by atoms with Gasteiger partial charge in [0.05, 0.1) is 18.4 Å². The van der Waals surface area contributed by atoms with Gasteiger partial charge < -0.3 is 9.88 Å². The first-order valence-electron chi connectivity index (χ1n) is 8.90. The topological polar surface area (TPSA) is 83.9 Å². The quantitative estimate of drug-likeness (QED) is 0.546. The molecule has 1 N–H and O–H groups in total. The van der Waals surface area contributed by atoms with Crippen LogP contribution in [0, 0.1) is 0 Å². The predicted octanol–water partition coefficient (Wildman–Crippen LogP) is 2.76. The van der Waals surface area contributed by atoms with E-state index in [0.29, 0.717) is 29.8 Å². The van der Waals surface area contributed by atoms with Gasteiger partial charge in [-0.2, -0.15) is 5.10 Å². The Morgan fingerprint density at radius 2 is 2.04 bits per heavy atom. The van der Waals surface area contributed by atoms with Crippen LogP contribution in [0.25, 0.3) is 16.7 Å². The van der Waals surface area contributed by atoms with Crippen LogP contribution >= 0.6 is 11.3 Å². The zero-order valence-electron chi connectivity index (χ0n) is 15.3. The van der Waals surface area contributed by atoms with E-state index in [1.807, 2.05) is 47.8 Å². The van der Waals surface area contributed by atoms with Gasteiger partial charge in [0.1, 0.15) is 11.2 Å². The molecule has 0 saturated carbocycles. The Bertz CT molecular complexity index is 1150. The second-order valence-corrected chi connectivity index (χ2v) is 7.50. The second-order valence-electron chi connectivity index (χ2n) is 6.47. The van der Waals surface area contributed by atoms with Crippen LogP contribution in [0.3, 0.4) is 0 Å². The highest BCUT2D eigenvalue weighted by Crippen LogP contribution is 2.15. The SMILES string of the molecule is CN(Cc1cccs1)C(=O)CCc1nc2c(cnn2-c2ccccc2)c(=O)[nH]1. The summed E-state index contributed by atoms with van der Waals surface area (Å²) < 4.78 is 1.64. The number of benzene rings is 1. The third-order valence-corrected chi connectivity index (χ3v) is 5.32. The molecule has 0 aliphatic heterocycles. The maximum atomic E-state index is 12.4. The number of para-hydroxylation sites is 1. The number of carbonyl (C=O) groups is 1. The number of aromatic nitrogens is 4. The van der Waals surface area contributed by atoms with Crippen molar-refractivity contribution in [1.82, 2.24) is 24.6 Å². The summed E-state index contributed by atoms with van der Waals surface area (Å²) in [5.74, 6) is 0.487. The van der Waals surface area contributed by atoms with Crippen molar-refractivity contribution in [3.05, 3.63) is 75.1 Å². The average molecular weight is 393 g/mol. The summed E-state index contributed by atoms with van der Waals surface area (Å²) in [5.41, 5.74) is 1.07. The Morgan fingerprint density at radius 3 is 2.79 bits per heavy atom. The Kier molecular flexibility index (Phi) is 5.03. The number of nitrogens with one attached hydrogen (secondary N) is 1. The molecule has 0 unspecified atom stereocenters. The Balaban J connectivity index is 1.53. The van der Waals surface area contributed by atoms with Gasteiger partial charge in [-0.15, -0.1) is 11.3 Å². The van der Waals surface area contributed by atoms with Crippen LogP contribution in [-0.2, 0) is 17.8 Å². The molecule has 1 aromatic carbocycles. The first-order valence-corrected chi connectivity index (χ1v) is 9.78. The summed E-state index contributed by atoms with van der Waals surface area (Å²) in [4.78, 5) is 35.0. The van der Waals surface area contributed by atoms with Crippen molar-refractivity contribution in [2.75, 3.05) is 7.05 Å². The van der Waals surface area contributed by atoms with Crippen LogP contribution in [0.4, 0.5) is 0 Å². The lowest BCUT2D eigenvalue weighted by molar-refractivity contribution is -0.130. The molecule has 4 rings (SSSR count). The lowest BCUT2D eigenvalue weighted by Crippen LogP contribution is -2.26. The number of amides is 1. The Labute approximate surface area is 165 Å². The molecule has 7 nitrogen and oxygen atoms in total. The number of H-pyrrole nitrogens is 1. The van der Waals surface area contributed by atoms with Crippen molar-refractivity contribution in [3.63, 3.8) is 0 Å². The molecule has 0 atom stereocenters. The van der Waals surface area contributed by atoms with E-state index < -0.39 is 0 Å². The van der Waals surface area contributed by atoms with Gasteiger partial charge in [-0.05, 0) is 23.6 Å². The van der Waals surface area contributed by atoms with Crippen LogP contribution in [0.2, 0.25) is 0 Å². The zero-order chi connectivity index (χ0) is 19.5. The molecule has 142 valence electrons. The number of carbonyl (C=O) groups excluding carboxylic acids is 1. The van der Waals surface area contributed by atoms with Gasteiger partial charge in [0.15, 0.2) is 5.65 Å². The van der Waals surface area contributed by atoms with Gasteiger partial charge in [-0.1, -0.05) is 24.3 Å². The molecule has 0 radical (unpaired) electrons. The Morgan fingerprint density at radius 1 is 1.21 bits per heavy atom. The standard InChI is InChI=1S/C20H19N5O2S/c1-24(13-15-8-5-11-28-15)18(26)10-9-17-22-19-16(20(27)23-17)12-21-25(19)14-6-3-2-4-7-14/h2-8,11-12H,9-10,13H2,1H3,(H,22,23,27). The normalized spacial score (nSPS) is 11.0. The van der Waals surface area contributed by atoms with E-state index in [9.17, 15) is 9.59 Å². The monoisotopic (exact) mass is 393 g/mol. The fourth-order valence-electron chi connectivity index (χ4n) is 2.98. The van der Waals surface area contributed by atoms with Crippen molar-refractivity contribution in [2.24, 2.45) is 0 Å². The van der Waals surface area contributed by atoms with Gasteiger partial charge in [0, 0.05) is 24.8 Å². The summed E-state index contributed by atoms with van der Waals surface area (Å²) >= 11 is 1.62. The van der Waals surface area contributed by atoms with E-state index in [-0.39, 0.29) is 17.9 Å². The molecule has 28 heavy (non-hydrogen) atoms. The smallest absolute Gasteiger partial charge is 0.262 e. The molecule has 0 fully saturated rings. The molecule has 8 heteroatoms. The first-order chi connectivity index (χ1) is 13.6. The minimum atomic E-state index is -0.249. The van der Waals surface area contributed by atoms with Crippen LogP contribution < -0.4 is 5.56 Å². The van der Waals surface area contributed by atoms with E-state index in [4.69, 9.17) is 0 Å². The highest BCUT2D eigenvalue weighted by Gasteiger charge is 2.14. The molecule has 0 aliphatic carbocycles. The number of thiophene rings is 1. The average Bonchev–Trinajstić information content (AvgIpc) is 3.36. The molecular formula is C20H19N5O2S. The van der Waals surface area contributed by atoms with Gasteiger partial charge >= 0.3 is 0 Å². The van der Waals surface area contributed by atoms with Crippen LogP contribution in [0.5, 0.6) is 0 Å². The molecule has 0 aliphatic rings. The van der Waals surface area contributed by atoms with Crippen molar-refractivity contribution in [3.8, 4) is 5.69 Å². The number of nitrogens with zero attached hydrogens (tertiary/aromatic N) is 4. The fourth-order valence-corrected chi connectivity index (χ4v) is 3.74. The largest absolute Gasteiger partial charge is 0.341 e. The molecule has 0 spiro atoms. The minimum Gasteiger partial charge on any atom is -0.341 e. The molecule has 0 saturated heterocycles. The molecule has 3 heterocycles. The van der Waals surface area contributed by atoms with Crippen molar-refractivity contribution < 1.29 is 4.79 Å². The summed E-state index contributed by atoms with van der Waals surface area (Å²) in [6.45, 7) is 0.584. The van der Waals surface area contributed by atoms with Gasteiger partial charge in [-0.3, -0.25) is 9.59 Å². The van der Waals surface area contributed by atoms with Gasteiger partial charge in [-0.25, -0.2) is 9.67 Å². The number of hydrogen-bond donors (Lipinski definition) is 1. The van der Waals surface area contributed by atoms with Crippen molar-refractivity contribution in [1.29, 1.82) is 0 Å². The highest BCUT2D eigenvalue weighted by atomic mass is 32.1. The summed E-state index contributed by atoms with van der Waals surface area (Å²) in [5, 5.41) is 6.71. The summed E-state index contributed by atoms with van der Waals surface area (Å²) in [6.07, 6.45) is 2.15. The van der Waals surface area contributed by atoms with Crippen molar-refractivity contribution >= 4 is 28.3 Å². The van der Waals surface area contributed by atoms with Crippen LogP contribution in [-0.4, -0.2) is 37.6 Å². The second kappa shape index (κ2) is 7.77. The lowest BCUT2D eigenvalue weighted by atomic mass is 10.2. The van der Waals surface area contributed by atoms with E-state index in [2.05, 4.69) is 15.1 Å². The van der Waals surface area contributed by atoms with E-state index in [1.54, 1.807) is 28.0 Å². The number of aromatic amines is 1. The van der Waals surface area contributed by atoms with E-state index in [0.717, 1.165) is 10.6 Å². The molecule has 1 amide bonds. The van der Waals surface area contributed by atoms with Crippen LogP contribution in [0.1, 0.15) is 17.1 Å². The zero-order valence-corrected chi connectivity index (χ0v) is 16.1. The predicted molar refractivity (Wildman–Crippen MR) is 109 cm³/mol. The lowest BCUT2D eigenvalue weighted by Gasteiger charge is -2.16. The Hall–Kier alpha value is -3.26.